The van der Waals surface area contributed by atoms with Crippen molar-refractivity contribution in [2.75, 3.05) is 24.5 Å². The van der Waals surface area contributed by atoms with Crippen LogP contribution >= 0.6 is 0 Å². The first kappa shape index (κ1) is 17.2. The summed E-state index contributed by atoms with van der Waals surface area (Å²) >= 11 is 0. The van der Waals surface area contributed by atoms with E-state index in [9.17, 15) is 9.18 Å². The highest BCUT2D eigenvalue weighted by atomic mass is 19.1. The van der Waals surface area contributed by atoms with Crippen LogP contribution in [-0.2, 0) is 19.5 Å². The molecule has 0 radical (unpaired) electrons. The van der Waals surface area contributed by atoms with Gasteiger partial charge >= 0.3 is 0 Å². The van der Waals surface area contributed by atoms with Crippen molar-refractivity contribution >= 4 is 5.95 Å². The fraction of sp³-hybridized carbons (Fsp3) is 0.500. The molecular weight excluding hydrogens is 331 g/mol. The second kappa shape index (κ2) is 7.19. The Bertz CT molecular complexity index is 850. The van der Waals surface area contributed by atoms with Gasteiger partial charge in [0.2, 0.25) is 5.95 Å². The van der Waals surface area contributed by atoms with Gasteiger partial charge in [-0.25, -0.2) is 9.37 Å². The number of hydrogen-bond acceptors (Lipinski definition) is 4. The minimum Gasteiger partial charge on any atom is -0.342 e. The molecule has 3 heterocycles. The maximum absolute atomic E-state index is 13.9. The van der Waals surface area contributed by atoms with E-state index in [0.29, 0.717) is 36.9 Å². The summed E-state index contributed by atoms with van der Waals surface area (Å²) in [7, 11) is 0. The SMILES string of the molecule is CC1CCCN(c2nc3c(c(=O)[nH]2)CCN(Cc2ccccc2F)C3)C1. The third-order valence-electron chi connectivity index (χ3n) is 5.45. The topological polar surface area (TPSA) is 52.2 Å². The molecule has 2 aliphatic heterocycles. The van der Waals surface area contributed by atoms with Crippen LogP contribution in [0.15, 0.2) is 29.1 Å². The van der Waals surface area contributed by atoms with E-state index in [1.165, 1.54) is 12.5 Å². The Kier molecular flexibility index (Phi) is 4.76. The van der Waals surface area contributed by atoms with Crippen LogP contribution in [0.25, 0.3) is 0 Å². The summed E-state index contributed by atoms with van der Waals surface area (Å²) in [6, 6.07) is 6.87. The predicted molar refractivity (Wildman–Crippen MR) is 99.7 cm³/mol. The van der Waals surface area contributed by atoms with Crippen LogP contribution in [0.3, 0.4) is 0 Å². The fourth-order valence-electron chi connectivity index (χ4n) is 4.01. The number of piperidine rings is 1. The first-order valence-electron chi connectivity index (χ1n) is 9.43. The number of halogens is 1. The summed E-state index contributed by atoms with van der Waals surface area (Å²) in [5.41, 5.74) is 2.28. The quantitative estimate of drug-likeness (QED) is 0.919. The van der Waals surface area contributed by atoms with Gasteiger partial charge < -0.3 is 4.90 Å². The van der Waals surface area contributed by atoms with E-state index in [0.717, 1.165) is 37.3 Å². The summed E-state index contributed by atoms with van der Waals surface area (Å²) in [4.78, 5) is 24.6. The number of hydrogen-bond donors (Lipinski definition) is 1. The molecule has 1 fully saturated rings. The zero-order chi connectivity index (χ0) is 18.1. The first-order chi connectivity index (χ1) is 12.6. The number of nitrogens with one attached hydrogen (secondary N) is 1. The van der Waals surface area contributed by atoms with Crippen molar-refractivity contribution in [2.45, 2.75) is 39.3 Å². The lowest BCUT2D eigenvalue weighted by Crippen LogP contribution is -2.39. The van der Waals surface area contributed by atoms with Gasteiger partial charge in [0.05, 0.1) is 5.69 Å². The molecule has 0 saturated carbocycles. The predicted octanol–water partition coefficient (Wildman–Crippen LogP) is 2.70. The molecule has 2 aromatic rings. The second-order valence-corrected chi connectivity index (χ2v) is 7.56. The van der Waals surface area contributed by atoms with Crippen LogP contribution in [0.4, 0.5) is 10.3 Å². The highest BCUT2D eigenvalue weighted by molar-refractivity contribution is 5.35. The van der Waals surface area contributed by atoms with Crippen LogP contribution in [0.5, 0.6) is 0 Å². The van der Waals surface area contributed by atoms with Gasteiger partial charge in [-0.3, -0.25) is 14.7 Å². The largest absolute Gasteiger partial charge is 0.342 e. The monoisotopic (exact) mass is 356 g/mol. The second-order valence-electron chi connectivity index (χ2n) is 7.56. The summed E-state index contributed by atoms with van der Waals surface area (Å²) in [5, 5.41) is 0. The Morgan fingerprint density at radius 1 is 1.31 bits per heavy atom. The number of fused-ring (bicyclic) bond motifs is 1. The molecule has 0 aliphatic carbocycles. The zero-order valence-electron chi connectivity index (χ0n) is 15.2. The Labute approximate surface area is 152 Å². The molecule has 0 spiro atoms. The van der Waals surface area contributed by atoms with E-state index in [4.69, 9.17) is 4.98 Å². The highest BCUT2D eigenvalue weighted by Crippen LogP contribution is 2.22. The first-order valence-corrected chi connectivity index (χ1v) is 9.43. The summed E-state index contributed by atoms with van der Waals surface area (Å²) in [6.45, 7) is 5.97. The van der Waals surface area contributed by atoms with Crippen molar-refractivity contribution in [2.24, 2.45) is 5.92 Å². The van der Waals surface area contributed by atoms with Gasteiger partial charge in [-0.2, -0.15) is 0 Å². The molecule has 138 valence electrons. The van der Waals surface area contributed by atoms with E-state index < -0.39 is 0 Å². The molecule has 1 aromatic carbocycles. The Hall–Kier alpha value is -2.21. The number of nitrogens with zero attached hydrogens (tertiary/aromatic N) is 3. The molecule has 1 atom stereocenters. The highest BCUT2D eigenvalue weighted by Gasteiger charge is 2.24. The maximum Gasteiger partial charge on any atom is 0.255 e. The molecule has 1 saturated heterocycles. The third-order valence-corrected chi connectivity index (χ3v) is 5.45. The van der Waals surface area contributed by atoms with Gasteiger partial charge in [-0.05, 0) is 31.2 Å². The minimum absolute atomic E-state index is 0.0197. The van der Waals surface area contributed by atoms with Gasteiger partial charge in [0.15, 0.2) is 0 Å². The van der Waals surface area contributed by atoms with Crippen molar-refractivity contribution in [3.8, 4) is 0 Å². The lowest BCUT2D eigenvalue weighted by atomic mass is 10.0. The number of aromatic amines is 1. The summed E-state index contributed by atoms with van der Waals surface area (Å²) in [6.07, 6.45) is 3.01. The van der Waals surface area contributed by atoms with Gasteiger partial charge in [0, 0.05) is 43.9 Å². The molecular formula is C20H25FN4O. The van der Waals surface area contributed by atoms with E-state index in [1.54, 1.807) is 6.07 Å². The molecule has 2 aliphatic rings. The lowest BCUT2D eigenvalue weighted by Gasteiger charge is -2.33. The van der Waals surface area contributed by atoms with Crippen LogP contribution in [-0.4, -0.2) is 34.5 Å². The molecule has 5 nitrogen and oxygen atoms in total. The molecule has 1 unspecified atom stereocenters. The van der Waals surface area contributed by atoms with Crippen LogP contribution in [0.2, 0.25) is 0 Å². The van der Waals surface area contributed by atoms with Crippen LogP contribution < -0.4 is 10.5 Å². The van der Waals surface area contributed by atoms with Gasteiger partial charge in [0.25, 0.3) is 5.56 Å². The van der Waals surface area contributed by atoms with E-state index in [2.05, 4.69) is 21.7 Å². The van der Waals surface area contributed by atoms with Gasteiger partial charge in [0.1, 0.15) is 5.82 Å². The molecule has 0 bridgehead atoms. The molecule has 1 N–H and O–H groups in total. The number of H-pyrrole nitrogens is 1. The van der Waals surface area contributed by atoms with Crippen molar-refractivity contribution in [1.82, 2.24) is 14.9 Å². The normalized spacial score (nSPS) is 20.8. The molecule has 0 amide bonds. The minimum atomic E-state index is -0.180. The number of aromatic nitrogens is 2. The molecule has 4 rings (SSSR count). The lowest BCUT2D eigenvalue weighted by molar-refractivity contribution is 0.237. The molecule has 26 heavy (non-hydrogen) atoms. The van der Waals surface area contributed by atoms with E-state index >= 15 is 0 Å². The van der Waals surface area contributed by atoms with Crippen molar-refractivity contribution < 1.29 is 4.39 Å². The van der Waals surface area contributed by atoms with Crippen LogP contribution in [0, 0.1) is 11.7 Å². The third kappa shape index (κ3) is 3.51. The number of anilines is 1. The fourth-order valence-corrected chi connectivity index (χ4v) is 4.01. The summed E-state index contributed by atoms with van der Waals surface area (Å²) in [5.74, 6) is 1.12. The van der Waals surface area contributed by atoms with E-state index in [-0.39, 0.29) is 11.4 Å². The molecule has 6 heteroatoms. The van der Waals surface area contributed by atoms with Crippen molar-refractivity contribution in [3.05, 3.63) is 57.3 Å². The number of benzene rings is 1. The van der Waals surface area contributed by atoms with E-state index in [1.807, 2.05) is 12.1 Å². The average Bonchev–Trinajstić information content (AvgIpc) is 2.63. The smallest absolute Gasteiger partial charge is 0.255 e. The van der Waals surface area contributed by atoms with Gasteiger partial charge in [-0.15, -0.1) is 0 Å². The molecule has 1 aromatic heterocycles. The van der Waals surface area contributed by atoms with Crippen molar-refractivity contribution in [1.29, 1.82) is 0 Å². The zero-order valence-corrected chi connectivity index (χ0v) is 15.2. The Morgan fingerprint density at radius 2 is 2.15 bits per heavy atom. The van der Waals surface area contributed by atoms with Gasteiger partial charge in [-0.1, -0.05) is 25.1 Å². The standard InChI is InChI=1S/C20H25FN4O/c1-14-5-4-9-25(11-14)20-22-18-13-24(10-8-16(18)19(26)23-20)12-15-6-2-3-7-17(15)21/h2-3,6-7,14H,4-5,8-13H2,1H3,(H,22,23,26). The number of rotatable bonds is 3. The Morgan fingerprint density at radius 3 is 2.96 bits per heavy atom. The summed E-state index contributed by atoms with van der Waals surface area (Å²) < 4.78 is 13.9. The Balaban J connectivity index is 1.56. The van der Waals surface area contributed by atoms with Crippen LogP contribution in [0.1, 0.15) is 36.6 Å². The maximum atomic E-state index is 13.9. The van der Waals surface area contributed by atoms with Crippen molar-refractivity contribution in [3.63, 3.8) is 0 Å². The average molecular weight is 356 g/mol.